The van der Waals surface area contributed by atoms with E-state index in [4.69, 9.17) is 0 Å². The summed E-state index contributed by atoms with van der Waals surface area (Å²) in [5, 5.41) is 10.6. The maximum absolute atomic E-state index is 12.0. The number of carbonyl (C=O) groups excluding carboxylic acids is 1. The highest BCUT2D eigenvalue weighted by Gasteiger charge is 2.58. The van der Waals surface area contributed by atoms with Crippen molar-refractivity contribution in [3.63, 3.8) is 0 Å². The summed E-state index contributed by atoms with van der Waals surface area (Å²) in [4.78, 5) is 12.0. The summed E-state index contributed by atoms with van der Waals surface area (Å²) in [6.45, 7) is 2.35. The standard InChI is InChI=1S/C20H29IO2/c1-20-8-6-16-15-3-2-14(22)11-13(15)10-12(7-9-21)19(16)17(20)4-5-18(20)23/h7,9,12-13,15-19,23H,2-6,8,10-11H2,1H3/b9-7+/t12-,13+,15+,16-,17+,18+,19-,20+/m1/s1. The van der Waals surface area contributed by atoms with Crippen LogP contribution in [0.4, 0.5) is 0 Å². The van der Waals surface area contributed by atoms with Gasteiger partial charge in [0.15, 0.2) is 0 Å². The first-order chi connectivity index (χ1) is 11.0. The van der Waals surface area contributed by atoms with Crippen LogP contribution in [0.3, 0.4) is 0 Å². The van der Waals surface area contributed by atoms with Crippen molar-refractivity contribution in [2.45, 2.75) is 64.4 Å². The van der Waals surface area contributed by atoms with Gasteiger partial charge in [-0.25, -0.2) is 0 Å². The zero-order chi connectivity index (χ0) is 16.2. The van der Waals surface area contributed by atoms with Gasteiger partial charge in [0.2, 0.25) is 0 Å². The number of hydrogen-bond acceptors (Lipinski definition) is 2. The van der Waals surface area contributed by atoms with Gasteiger partial charge in [-0.1, -0.05) is 35.6 Å². The molecule has 0 aliphatic heterocycles. The van der Waals surface area contributed by atoms with Gasteiger partial charge in [0, 0.05) is 12.8 Å². The normalized spacial score (nSPS) is 53.0. The summed E-state index contributed by atoms with van der Waals surface area (Å²) >= 11 is 2.36. The molecule has 0 aromatic heterocycles. The summed E-state index contributed by atoms with van der Waals surface area (Å²) in [7, 11) is 0. The van der Waals surface area contributed by atoms with Crippen molar-refractivity contribution in [1.82, 2.24) is 0 Å². The predicted molar refractivity (Wildman–Crippen MR) is 100 cm³/mol. The Hall–Kier alpha value is 0.1000. The zero-order valence-corrected chi connectivity index (χ0v) is 16.2. The van der Waals surface area contributed by atoms with Crippen LogP contribution < -0.4 is 0 Å². The van der Waals surface area contributed by atoms with Crippen LogP contribution in [0.5, 0.6) is 0 Å². The minimum Gasteiger partial charge on any atom is -0.393 e. The molecule has 4 fully saturated rings. The molecule has 4 saturated carbocycles. The molecule has 4 aliphatic carbocycles. The van der Waals surface area contributed by atoms with E-state index >= 15 is 0 Å². The first-order valence-electron chi connectivity index (χ1n) is 9.51. The van der Waals surface area contributed by atoms with Crippen LogP contribution in [0.2, 0.25) is 0 Å². The van der Waals surface area contributed by atoms with Gasteiger partial charge in [-0.15, -0.1) is 0 Å². The summed E-state index contributed by atoms with van der Waals surface area (Å²) in [5.41, 5.74) is 0.149. The first kappa shape index (κ1) is 16.6. The van der Waals surface area contributed by atoms with Crippen LogP contribution in [-0.2, 0) is 4.79 Å². The van der Waals surface area contributed by atoms with Crippen LogP contribution >= 0.6 is 22.6 Å². The van der Waals surface area contributed by atoms with Crippen molar-refractivity contribution in [1.29, 1.82) is 0 Å². The van der Waals surface area contributed by atoms with Gasteiger partial charge in [0.25, 0.3) is 0 Å². The van der Waals surface area contributed by atoms with Crippen LogP contribution in [0.25, 0.3) is 0 Å². The van der Waals surface area contributed by atoms with Crippen LogP contribution in [-0.4, -0.2) is 17.0 Å². The van der Waals surface area contributed by atoms with Gasteiger partial charge >= 0.3 is 0 Å². The highest BCUT2D eigenvalue weighted by atomic mass is 127. The summed E-state index contributed by atoms with van der Waals surface area (Å²) in [6.07, 6.45) is 11.0. The van der Waals surface area contributed by atoms with Crippen LogP contribution in [0.1, 0.15) is 58.3 Å². The van der Waals surface area contributed by atoms with E-state index in [1.807, 2.05) is 0 Å². The van der Waals surface area contributed by atoms with Crippen molar-refractivity contribution < 1.29 is 9.90 Å². The number of carbonyl (C=O) groups is 1. The predicted octanol–water partition coefficient (Wildman–Crippen LogP) is 4.74. The fourth-order valence-electron chi connectivity index (χ4n) is 7.05. The third-order valence-electron chi connectivity index (χ3n) is 8.13. The van der Waals surface area contributed by atoms with E-state index in [1.165, 1.54) is 25.7 Å². The summed E-state index contributed by atoms with van der Waals surface area (Å²) in [6, 6.07) is 0. The molecule has 8 atom stereocenters. The summed E-state index contributed by atoms with van der Waals surface area (Å²) in [5.74, 6) is 4.75. The Morgan fingerprint density at radius 2 is 2.04 bits per heavy atom. The molecule has 0 spiro atoms. The van der Waals surface area contributed by atoms with Crippen LogP contribution in [0.15, 0.2) is 10.2 Å². The minimum atomic E-state index is -0.0941. The highest BCUT2D eigenvalue weighted by molar-refractivity contribution is 14.1. The number of fused-ring (bicyclic) bond motifs is 5. The molecular formula is C20H29IO2. The number of Topliss-reactive ketones (excluding diaryl/α,β-unsaturated/α-hetero) is 1. The Bertz CT molecular complexity index is 516. The molecule has 0 amide bonds. The smallest absolute Gasteiger partial charge is 0.133 e. The van der Waals surface area contributed by atoms with Gasteiger partial charge in [0.1, 0.15) is 5.78 Å². The second kappa shape index (κ2) is 6.12. The second-order valence-corrected chi connectivity index (χ2v) is 9.63. The van der Waals surface area contributed by atoms with Gasteiger partial charge in [-0.3, -0.25) is 4.79 Å². The van der Waals surface area contributed by atoms with Crippen molar-refractivity contribution in [2.75, 3.05) is 0 Å². The lowest BCUT2D eigenvalue weighted by molar-refractivity contribution is -0.131. The molecule has 23 heavy (non-hydrogen) atoms. The number of aliphatic hydroxyl groups excluding tert-OH is 1. The number of ketones is 1. The van der Waals surface area contributed by atoms with E-state index in [1.54, 1.807) is 0 Å². The Balaban J connectivity index is 1.67. The van der Waals surface area contributed by atoms with Gasteiger partial charge in [-0.05, 0) is 83.5 Å². The van der Waals surface area contributed by atoms with Crippen molar-refractivity contribution in [3.05, 3.63) is 10.2 Å². The lowest BCUT2D eigenvalue weighted by Crippen LogP contribution is -2.52. The van der Waals surface area contributed by atoms with E-state index in [-0.39, 0.29) is 11.5 Å². The second-order valence-electron chi connectivity index (χ2n) is 8.91. The highest BCUT2D eigenvalue weighted by Crippen LogP contribution is 2.63. The van der Waals surface area contributed by atoms with E-state index in [0.717, 1.165) is 43.4 Å². The van der Waals surface area contributed by atoms with Gasteiger partial charge in [0.05, 0.1) is 6.10 Å². The molecular weight excluding hydrogens is 399 g/mol. The Morgan fingerprint density at radius 3 is 2.83 bits per heavy atom. The van der Waals surface area contributed by atoms with Gasteiger partial charge in [-0.2, -0.15) is 0 Å². The number of rotatable bonds is 1. The third-order valence-corrected chi connectivity index (χ3v) is 8.54. The molecule has 1 N–H and O–H groups in total. The fourth-order valence-corrected chi connectivity index (χ4v) is 7.58. The zero-order valence-electron chi connectivity index (χ0n) is 14.1. The molecule has 0 aromatic rings. The molecule has 0 aromatic carbocycles. The molecule has 0 bridgehead atoms. The van der Waals surface area contributed by atoms with Crippen molar-refractivity contribution >= 4 is 28.4 Å². The molecule has 0 heterocycles. The Morgan fingerprint density at radius 1 is 1.22 bits per heavy atom. The van der Waals surface area contributed by atoms with E-state index < -0.39 is 0 Å². The number of halogens is 1. The average molecular weight is 428 g/mol. The minimum absolute atomic E-state index is 0.0941. The monoisotopic (exact) mass is 428 g/mol. The number of aliphatic hydroxyl groups is 1. The lowest BCUT2D eigenvalue weighted by Gasteiger charge is -2.57. The molecule has 4 rings (SSSR count). The third kappa shape index (κ3) is 2.56. The average Bonchev–Trinajstić information content (AvgIpc) is 2.83. The fraction of sp³-hybridized carbons (Fsp3) is 0.850. The maximum atomic E-state index is 12.0. The Labute approximate surface area is 153 Å². The maximum Gasteiger partial charge on any atom is 0.133 e. The molecule has 4 aliphatic rings. The molecule has 3 heteroatoms. The molecule has 0 saturated heterocycles. The largest absolute Gasteiger partial charge is 0.393 e. The van der Waals surface area contributed by atoms with Gasteiger partial charge < -0.3 is 5.11 Å². The molecule has 0 radical (unpaired) electrons. The van der Waals surface area contributed by atoms with E-state index in [2.05, 4.69) is 39.7 Å². The van der Waals surface area contributed by atoms with Crippen molar-refractivity contribution in [2.24, 2.45) is 40.9 Å². The summed E-state index contributed by atoms with van der Waals surface area (Å²) < 4.78 is 2.20. The number of hydrogen-bond donors (Lipinski definition) is 1. The number of allylic oxidation sites excluding steroid dienone is 1. The Kier molecular flexibility index (Phi) is 4.41. The quantitative estimate of drug-likeness (QED) is 0.613. The molecule has 0 unspecified atom stereocenters. The van der Waals surface area contributed by atoms with Crippen LogP contribution in [0, 0.1) is 40.9 Å². The lowest BCUT2D eigenvalue weighted by atomic mass is 9.48. The van der Waals surface area contributed by atoms with Crippen molar-refractivity contribution in [3.8, 4) is 0 Å². The SMILES string of the molecule is C[C@]12CC[C@@H]3[C@H]4CCC(=O)C[C@@H]4C[C@@H](/C=C/I)[C@H]3[C@@H]1CC[C@@H]2O. The first-order valence-corrected chi connectivity index (χ1v) is 10.8. The van der Waals surface area contributed by atoms with E-state index in [0.29, 0.717) is 23.5 Å². The molecule has 2 nitrogen and oxygen atoms in total. The van der Waals surface area contributed by atoms with E-state index in [9.17, 15) is 9.90 Å². The topological polar surface area (TPSA) is 37.3 Å². The molecule has 128 valence electrons.